The van der Waals surface area contributed by atoms with Crippen LogP contribution in [-0.4, -0.2) is 33.1 Å². The summed E-state index contributed by atoms with van der Waals surface area (Å²) in [6.45, 7) is 3.91. The van der Waals surface area contributed by atoms with Gasteiger partial charge in [0, 0.05) is 29.2 Å². The van der Waals surface area contributed by atoms with E-state index in [0.717, 1.165) is 16.8 Å². The summed E-state index contributed by atoms with van der Waals surface area (Å²) in [4.78, 5) is 26.0. The fraction of sp³-hybridized carbons (Fsp3) is 0.0952. The normalized spacial score (nSPS) is 13.0. The maximum Gasteiger partial charge on any atom is 0.326 e. The lowest BCUT2D eigenvalue weighted by Gasteiger charge is -2.16. The quantitative estimate of drug-likeness (QED) is 0.657. The van der Waals surface area contributed by atoms with Gasteiger partial charge in [-0.05, 0) is 29.8 Å². The summed E-state index contributed by atoms with van der Waals surface area (Å²) in [5.41, 5.74) is 3.62. The summed E-state index contributed by atoms with van der Waals surface area (Å²) in [5, 5.41) is 4.16. The molecule has 0 radical (unpaired) electrons. The Hall–Kier alpha value is -3.67. The number of esters is 1. The first-order valence-corrected chi connectivity index (χ1v) is 8.48. The van der Waals surface area contributed by atoms with Gasteiger partial charge in [-0.3, -0.25) is 14.5 Å². The van der Waals surface area contributed by atoms with Crippen molar-refractivity contribution in [3.63, 3.8) is 0 Å². The van der Waals surface area contributed by atoms with E-state index in [1.54, 1.807) is 23.0 Å². The number of rotatable bonds is 5. The lowest BCUT2D eigenvalue weighted by atomic mass is 10.1. The van der Waals surface area contributed by atoms with Crippen LogP contribution in [0.3, 0.4) is 0 Å². The zero-order valence-electron chi connectivity index (χ0n) is 14.5. The molecule has 1 aliphatic rings. The number of hydrogen-bond donors (Lipinski definition) is 0. The third kappa shape index (κ3) is 3.25. The second-order valence-corrected chi connectivity index (χ2v) is 6.16. The van der Waals surface area contributed by atoms with Gasteiger partial charge < -0.3 is 4.74 Å². The van der Waals surface area contributed by atoms with Crippen LogP contribution >= 0.6 is 0 Å². The van der Waals surface area contributed by atoms with Gasteiger partial charge in [-0.15, -0.1) is 0 Å². The Morgan fingerprint density at radius 1 is 1.04 bits per heavy atom. The van der Waals surface area contributed by atoms with Gasteiger partial charge in [-0.25, -0.2) is 4.68 Å². The number of benzene rings is 2. The highest BCUT2D eigenvalue weighted by Gasteiger charge is 2.32. The molecule has 3 aromatic rings. The number of carbonyl (C=O) groups is 2. The largest absolute Gasteiger partial charge is 0.459 e. The molecule has 0 N–H and O–H groups in total. The molecular weight excluding hydrogens is 342 g/mol. The van der Waals surface area contributed by atoms with E-state index in [0.29, 0.717) is 11.3 Å². The summed E-state index contributed by atoms with van der Waals surface area (Å²) in [6.07, 6.45) is 3.56. The predicted octanol–water partition coefficient (Wildman–Crippen LogP) is 3.04. The van der Waals surface area contributed by atoms with E-state index in [1.165, 1.54) is 4.90 Å². The van der Waals surface area contributed by atoms with Gasteiger partial charge in [-0.1, -0.05) is 36.9 Å². The lowest BCUT2D eigenvalue weighted by Crippen LogP contribution is -2.30. The molecule has 2 heterocycles. The van der Waals surface area contributed by atoms with E-state index in [1.807, 2.05) is 48.7 Å². The van der Waals surface area contributed by atoms with Crippen molar-refractivity contribution in [3.8, 4) is 5.69 Å². The first-order valence-electron chi connectivity index (χ1n) is 8.48. The maximum absolute atomic E-state index is 12.4. The Balaban J connectivity index is 1.35. The molecule has 0 atom stereocenters. The van der Waals surface area contributed by atoms with Crippen molar-refractivity contribution >= 4 is 17.6 Å². The van der Waals surface area contributed by atoms with Crippen LogP contribution in [0, 0.1) is 0 Å². The molecule has 6 nitrogen and oxygen atoms in total. The molecule has 134 valence electrons. The molecule has 2 aromatic carbocycles. The molecule has 0 saturated heterocycles. The van der Waals surface area contributed by atoms with E-state index < -0.39 is 5.97 Å². The summed E-state index contributed by atoms with van der Waals surface area (Å²) < 4.78 is 7.07. The minimum Gasteiger partial charge on any atom is -0.459 e. The highest BCUT2D eigenvalue weighted by Crippen LogP contribution is 2.30. The number of nitrogens with zero attached hydrogens (tertiary/aromatic N) is 3. The van der Waals surface area contributed by atoms with Crippen LogP contribution in [0.1, 0.15) is 21.5 Å². The smallest absolute Gasteiger partial charge is 0.326 e. The molecule has 0 aliphatic carbocycles. The third-order valence-electron chi connectivity index (χ3n) is 4.43. The van der Waals surface area contributed by atoms with Gasteiger partial charge in [0.25, 0.3) is 5.91 Å². The Morgan fingerprint density at radius 3 is 2.44 bits per heavy atom. The SMILES string of the molecule is C=C1c2ccccc2C(=O)N1CC(=O)OCc1ccc(-n2cccn2)cc1. The molecule has 4 rings (SSSR count). The molecule has 0 unspecified atom stereocenters. The van der Waals surface area contributed by atoms with Crippen LogP contribution in [0.2, 0.25) is 0 Å². The predicted molar refractivity (Wildman–Crippen MR) is 99.9 cm³/mol. The minimum atomic E-state index is -0.478. The van der Waals surface area contributed by atoms with Crippen molar-refractivity contribution in [1.29, 1.82) is 0 Å². The Morgan fingerprint density at radius 2 is 1.78 bits per heavy atom. The van der Waals surface area contributed by atoms with Crippen LogP contribution < -0.4 is 0 Å². The third-order valence-corrected chi connectivity index (χ3v) is 4.43. The first-order chi connectivity index (χ1) is 13.1. The van der Waals surface area contributed by atoms with Crippen molar-refractivity contribution in [2.75, 3.05) is 6.54 Å². The van der Waals surface area contributed by atoms with E-state index >= 15 is 0 Å². The number of carbonyl (C=O) groups excluding carboxylic acids is 2. The number of hydrogen-bond acceptors (Lipinski definition) is 4. The van der Waals surface area contributed by atoms with Crippen molar-refractivity contribution in [2.24, 2.45) is 0 Å². The molecule has 1 amide bonds. The van der Waals surface area contributed by atoms with Crippen LogP contribution in [0.15, 0.2) is 73.6 Å². The standard InChI is InChI=1S/C21H17N3O3/c1-15-18-5-2-3-6-19(18)21(26)23(15)13-20(25)27-14-16-7-9-17(10-8-16)24-12-4-11-22-24/h2-12H,1,13-14H2. The van der Waals surface area contributed by atoms with Gasteiger partial charge >= 0.3 is 5.97 Å². The van der Waals surface area contributed by atoms with Crippen LogP contribution in [0.4, 0.5) is 0 Å². The van der Waals surface area contributed by atoms with Gasteiger partial charge in [0.2, 0.25) is 0 Å². The van der Waals surface area contributed by atoms with Crippen molar-refractivity contribution < 1.29 is 14.3 Å². The fourth-order valence-electron chi connectivity index (χ4n) is 3.01. The molecule has 1 aromatic heterocycles. The molecule has 27 heavy (non-hydrogen) atoms. The topological polar surface area (TPSA) is 64.4 Å². The zero-order chi connectivity index (χ0) is 18.8. The Labute approximate surface area is 156 Å². The summed E-state index contributed by atoms with van der Waals surface area (Å²) in [6, 6.07) is 16.6. The van der Waals surface area contributed by atoms with E-state index in [-0.39, 0.29) is 19.1 Å². The van der Waals surface area contributed by atoms with Crippen LogP contribution in [-0.2, 0) is 16.1 Å². The molecule has 0 fully saturated rings. The maximum atomic E-state index is 12.4. The highest BCUT2D eigenvalue weighted by molar-refractivity contribution is 6.10. The number of fused-ring (bicyclic) bond motifs is 1. The Kier molecular flexibility index (Phi) is 4.30. The first kappa shape index (κ1) is 16.8. The second kappa shape index (κ2) is 6.92. The highest BCUT2D eigenvalue weighted by atomic mass is 16.5. The van der Waals surface area contributed by atoms with E-state index in [4.69, 9.17) is 4.74 Å². The van der Waals surface area contributed by atoms with Crippen molar-refractivity contribution in [3.05, 3.63) is 90.3 Å². The second-order valence-electron chi connectivity index (χ2n) is 6.16. The van der Waals surface area contributed by atoms with E-state index in [9.17, 15) is 9.59 Å². The monoisotopic (exact) mass is 359 g/mol. The number of amides is 1. The lowest BCUT2D eigenvalue weighted by molar-refractivity contribution is -0.145. The zero-order valence-corrected chi connectivity index (χ0v) is 14.5. The van der Waals surface area contributed by atoms with E-state index in [2.05, 4.69) is 11.7 Å². The molecule has 6 heteroatoms. The molecule has 1 aliphatic heterocycles. The number of ether oxygens (including phenoxy) is 1. The molecular formula is C21H17N3O3. The molecule has 0 bridgehead atoms. The van der Waals surface area contributed by atoms with Gasteiger partial charge in [0.15, 0.2) is 0 Å². The van der Waals surface area contributed by atoms with Crippen molar-refractivity contribution in [2.45, 2.75) is 6.61 Å². The fourth-order valence-corrected chi connectivity index (χ4v) is 3.01. The van der Waals surface area contributed by atoms with Gasteiger partial charge in [0.1, 0.15) is 13.2 Å². The average Bonchev–Trinajstić information content (AvgIpc) is 3.31. The van der Waals surface area contributed by atoms with Crippen LogP contribution in [0.5, 0.6) is 0 Å². The molecule has 0 saturated carbocycles. The summed E-state index contributed by atoms with van der Waals surface area (Å²) in [7, 11) is 0. The van der Waals surface area contributed by atoms with Gasteiger partial charge in [0.05, 0.1) is 5.69 Å². The molecule has 0 spiro atoms. The van der Waals surface area contributed by atoms with Crippen LogP contribution in [0.25, 0.3) is 11.4 Å². The van der Waals surface area contributed by atoms with Gasteiger partial charge in [-0.2, -0.15) is 5.10 Å². The average molecular weight is 359 g/mol. The number of aromatic nitrogens is 2. The Bertz CT molecular complexity index is 972. The minimum absolute atomic E-state index is 0.139. The van der Waals surface area contributed by atoms with Crippen molar-refractivity contribution in [1.82, 2.24) is 14.7 Å². The summed E-state index contributed by atoms with van der Waals surface area (Å²) >= 11 is 0. The summed E-state index contributed by atoms with van der Waals surface area (Å²) in [5.74, 6) is -0.704.